The minimum absolute atomic E-state index is 0.0295. The molecule has 1 saturated carbocycles. The summed E-state index contributed by atoms with van der Waals surface area (Å²) in [5.41, 5.74) is 0.388. The number of carbonyl (C=O) groups is 3. The highest BCUT2D eigenvalue weighted by Gasteiger charge is 2.24. The van der Waals surface area contributed by atoms with Crippen LogP contribution >= 0.6 is 0 Å². The van der Waals surface area contributed by atoms with Gasteiger partial charge >= 0.3 is 5.97 Å². The van der Waals surface area contributed by atoms with Gasteiger partial charge in [0, 0.05) is 13.1 Å². The van der Waals surface area contributed by atoms with Gasteiger partial charge in [-0.15, -0.1) is 0 Å². The third kappa shape index (κ3) is 4.91. The number of benzene rings is 1. The van der Waals surface area contributed by atoms with E-state index in [0.29, 0.717) is 5.56 Å². The Morgan fingerprint density at radius 3 is 2.52 bits per heavy atom. The van der Waals surface area contributed by atoms with Gasteiger partial charge in [-0.05, 0) is 25.0 Å². The second-order valence-electron chi connectivity index (χ2n) is 5.03. The minimum Gasteiger partial charge on any atom is -0.452 e. The Kier molecular flexibility index (Phi) is 4.92. The largest absolute Gasteiger partial charge is 0.452 e. The fourth-order valence-electron chi connectivity index (χ4n) is 1.70. The number of nitrogens with zero attached hydrogens (tertiary/aromatic N) is 1. The van der Waals surface area contributed by atoms with Crippen LogP contribution in [-0.4, -0.2) is 48.9 Å². The van der Waals surface area contributed by atoms with Crippen molar-refractivity contribution in [2.24, 2.45) is 0 Å². The summed E-state index contributed by atoms with van der Waals surface area (Å²) >= 11 is 0. The predicted octanol–water partition coefficient (Wildman–Crippen LogP) is 0.580. The molecule has 1 N–H and O–H groups in total. The number of esters is 1. The maximum Gasteiger partial charge on any atom is 0.338 e. The average Bonchev–Trinajstić information content (AvgIpc) is 3.28. The van der Waals surface area contributed by atoms with E-state index in [1.165, 1.54) is 11.9 Å². The summed E-state index contributed by atoms with van der Waals surface area (Å²) < 4.78 is 4.92. The summed E-state index contributed by atoms with van der Waals surface area (Å²) in [6, 6.07) is 8.70. The molecule has 0 aliphatic heterocycles. The third-order valence-corrected chi connectivity index (χ3v) is 3.09. The highest BCUT2D eigenvalue weighted by Crippen LogP contribution is 2.18. The van der Waals surface area contributed by atoms with Gasteiger partial charge in [-0.25, -0.2) is 4.79 Å². The van der Waals surface area contributed by atoms with Crippen molar-refractivity contribution in [1.29, 1.82) is 0 Å². The summed E-state index contributed by atoms with van der Waals surface area (Å²) in [5.74, 6) is -1.16. The molecule has 6 nitrogen and oxygen atoms in total. The van der Waals surface area contributed by atoms with Crippen molar-refractivity contribution in [2.45, 2.75) is 18.9 Å². The molecule has 21 heavy (non-hydrogen) atoms. The maximum absolute atomic E-state index is 11.8. The van der Waals surface area contributed by atoms with E-state index in [1.807, 2.05) is 0 Å². The van der Waals surface area contributed by atoms with Crippen LogP contribution in [0.1, 0.15) is 23.2 Å². The van der Waals surface area contributed by atoms with E-state index in [-0.39, 0.29) is 25.1 Å². The van der Waals surface area contributed by atoms with Gasteiger partial charge < -0.3 is 15.0 Å². The molecule has 0 spiro atoms. The van der Waals surface area contributed by atoms with Crippen LogP contribution in [0.4, 0.5) is 0 Å². The van der Waals surface area contributed by atoms with Gasteiger partial charge in [-0.3, -0.25) is 9.59 Å². The number of carbonyl (C=O) groups excluding carboxylic acids is 3. The SMILES string of the molecule is CN(CC(=O)NC1CC1)C(=O)COC(=O)c1ccccc1. The lowest BCUT2D eigenvalue weighted by Gasteiger charge is -2.16. The zero-order valence-electron chi connectivity index (χ0n) is 11.9. The van der Waals surface area contributed by atoms with Crippen LogP contribution in [0.3, 0.4) is 0 Å². The molecule has 0 bridgehead atoms. The van der Waals surface area contributed by atoms with E-state index in [9.17, 15) is 14.4 Å². The van der Waals surface area contributed by atoms with Gasteiger partial charge in [-0.1, -0.05) is 18.2 Å². The lowest BCUT2D eigenvalue weighted by Crippen LogP contribution is -2.40. The summed E-state index contributed by atoms with van der Waals surface area (Å²) in [7, 11) is 1.51. The van der Waals surface area contributed by atoms with E-state index in [1.54, 1.807) is 30.3 Å². The zero-order valence-corrected chi connectivity index (χ0v) is 11.9. The molecule has 1 fully saturated rings. The fraction of sp³-hybridized carbons (Fsp3) is 0.400. The fourth-order valence-corrected chi connectivity index (χ4v) is 1.70. The zero-order chi connectivity index (χ0) is 15.2. The molecule has 0 unspecified atom stereocenters. The second-order valence-corrected chi connectivity index (χ2v) is 5.03. The molecule has 2 rings (SSSR count). The Hall–Kier alpha value is -2.37. The number of rotatable bonds is 6. The highest BCUT2D eigenvalue weighted by molar-refractivity contribution is 5.91. The Morgan fingerprint density at radius 1 is 1.24 bits per heavy atom. The summed E-state index contributed by atoms with van der Waals surface area (Å²) in [6.45, 7) is -0.404. The van der Waals surface area contributed by atoms with E-state index in [4.69, 9.17) is 4.74 Å². The number of likely N-dealkylation sites (N-methyl/N-ethyl adjacent to an activating group) is 1. The molecule has 0 heterocycles. The van der Waals surface area contributed by atoms with Gasteiger partial charge in [0.2, 0.25) is 5.91 Å². The summed E-state index contributed by atoms with van der Waals surface area (Å²) in [6.07, 6.45) is 2.00. The van der Waals surface area contributed by atoms with Crippen molar-refractivity contribution in [3.63, 3.8) is 0 Å². The molecule has 0 saturated heterocycles. The van der Waals surface area contributed by atoms with Gasteiger partial charge in [0.1, 0.15) is 0 Å². The third-order valence-electron chi connectivity index (χ3n) is 3.09. The predicted molar refractivity (Wildman–Crippen MR) is 75.5 cm³/mol. The van der Waals surface area contributed by atoms with Gasteiger partial charge in [0.25, 0.3) is 5.91 Å². The summed E-state index contributed by atoms with van der Waals surface area (Å²) in [5, 5.41) is 2.79. The number of ether oxygens (including phenoxy) is 1. The second kappa shape index (κ2) is 6.88. The molecule has 1 aromatic carbocycles. The maximum atomic E-state index is 11.8. The average molecular weight is 290 g/mol. The van der Waals surface area contributed by atoms with Crippen molar-refractivity contribution >= 4 is 17.8 Å². The van der Waals surface area contributed by atoms with Crippen LogP contribution in [0.25, 0.3) is 0 Å². The molecule has 0 atom stereocenters. The van der Waals surface area contributed by atoms with Crippen molar-refractivity contribution in [3.05, 3.63) is 35.9 Å². The Balaban J connectivity index is 1.72. The number of nitrogens with one attached hydrogen (secondary N) is 1. The summed E-state index contributed by atoms with van der Waals surface area (Å²) in [4.78, 5) is 36.3. The molecule has 6 heteroatoms. The lowest BCUT2D eigenvalue weighted by atomic mass is 10.2. The molecular weight excluding hydrogens is 272 g/mol. The van der Waals surface area contributed by atoms with Crippen molar-refractivity contribution in [1.82, 2.24) is 10.2 Å². The van der Waals surface area contributed by atoms with E-state index >= 15 is 0 Å². The van der Waals surface area contributed by atoms with Crippen LogP contribution in [0.5, 0.6) is 0 Å². The smallest absolute Gasteiger partial charge is 0.338 e. The van der Waals surface area contributed by atoms with Crippen LogP contribution in [0, 0.1) is 0 Å². The highest BCUT2D eigenvalue weighted by atomic mass is 16.5. The number of amides is 2. The van der Waals surface area contributed by atoms with Crippen LogP contribution in [0.15, 0.2) is 30.3 Å². The normalized spacial score (nSPS) is 13.4. The Labute approximate surface area is 123 Å². The van der Waals surface area contributed by atoms with Crippen LogP contribution in [-0.2, 0) is 14.3 Å². The standard InChI is InChI=1S/C15H18N2O4/c1-17(9-13(18)16-12-7-8-12)14(19)10-21-15(20)11-5-3-2-4-6-11/h2-6,12H,7-10H2,1H3,(H,16,18). The Bertz CT molecular complexity index is 526. The molecule has 0 radical (unpaired) electrons. The quantitative estimate of drug-likeness (QED) is 0.778. The van der Waals surface area contributed by atoms with Crippen molar-refractivity contribution in [2.75, 3.05) is 20.2 Å². The molecular formula is C15H18N2O4. The first kappa shape index (κ1) is 15.0. The first-order valence-corrected chi connectivity index (χ1v) is 6.82. The first-order valence-electron chi connectivity index (χ1n) is 6.82. The van der Waals surface area contributed by atoms with E-state index in [0.717, 1.165) is 12.8 Å². The molecule has 0 aromatic heterocycles. The van der Waals surface area contributed by atoms with Gasteiger partial charge in [-0.2, -0.15) is 0 Å². The molecule has 1 aromatic rings. The van der Waals surface area contributed by atoms with Crippen LogP contribution in [0.2, 0.25) is 0 Å². The Morgan fingerprint density at radius 2 is 1.90 bits per heavy atom. The van der Waals surface area contributed by atoms with Crippen molar-refractivity contribution in [3.8, 4) is 0 Å². The van der Waals surface area contributed by atoms with Gasteiger partial charge in [0.15, 0.2) is 6.61 Å². The van der Waals surface area contributed by atoms with Crippen LogP contribution < -0.4 is 5.32 Å². The molecule has 1 aliphatic rings. The van der Waals surface area contributed by atoms with E-state index in [2.05, 4.69) is 5.32 Å². The minimum atomic E-state index is -0.556. The molecule has 112 valence electrons. The molecule has 1 aliphatic carbocycles. The topological polar surface area (TPSA) is 75.7 Å². The van der Waals surface area contributed by atoms with Crippen molar-refractivity contribution < 1.29 is 19.1 Å². The number of hydrogen-bond donors (Lipinski definition) is 1. The molecule has 2 amide bonds. The first-order chi connectivity index (χ1) is 10.1. The monoisotopic (exact) mass is 290 g/mol. The lowest BCUT2D eigenvalue weighted by molar-refractivity contribution is -0.137. The number of hydrogen-bond acceptors (Lipinski definition) is 4. The van der Waals surface area contributed by atoms with Gasteiger partial charge in [0.05, 0.1) is 12.1 Å². The van der Waals surface area contributed by atoms with E-state index < -0.39 is 11.9 Å².